The summed E-state index contributed by atoms with van der Waals surface area (Å²) in [4.78, 5) is 39.0. The van der Waals surface area contributed by atoms with Crippen molar-refractivity contribution < 1.29 is 29.4 Å². The smallest absolute Gasteiger partial charge is 0.335 e. The zero-order valence-corrected chi connectivity index (χ0v) is 11.9. The fourth-order valence-corrected chi connectivity index (χ4v) is 1.82. The lowest BCUT2D eigenvalue weighted by molar-refractivity contribution is 0.0233. The highest BCUT2D eigenvalue weighted by Crippen LogP contribution is 2.11. The molecule has 0 saturated carbocycles. The van der Waals surface area contributed by atoms with Crippen LogP contribution in [0.2, 0.25) is 0 Å². The van der Waals surface area contributed by atoms with Crippen molar-refractivity contribution >= 4 is 17.8 Å². The van der Waals surface area contributed by atoms with E-state index in [1.165, 1.54) is 0 Å². The van der Waals surface area contributed by atoms with Crippen molar-refractivity contribution in [3.63, 3.8) is 0 Å². The van der Waals surface area contributed by atoms with Gasteiger partial charge in [-0.05, 0) is 23.8 Å². The Morgan fingerprint density at radius 1 is 0.870 bits per heavy atom. The molecule has 2 aromatic carbocycles. The normalized spacial score (nSPS) is 10.1. The number of nitrogens with one attached hydrogen (secondary N) is 1. The zero-order chi connectivity index (χ0) is 16.8. The van der Waals surface area contributed by atoms with Gasteiger partial charge in [-0.25, -0.2) is 15.1 Å². The molecule has 0 aromatic heterocycles. The van der Waals surface area contributed by atoms with Gasteiger partial charge in [-0.3, -0.25) is 9.63 Å². The predicted molar refractivity (Wildman–Crippen MR) is 79.1 cm³/mol. The third-order valence-corrected chi connectivity index (χ3v) is 2.94. The summed E-state index contributed by atoms with van der Waals surface area (Å²) in [5.41, 5.74) is 2.28. The van der Waals surface area contributed by atoms with Crippen molar-refractivity contribution in [2.45, 2.75) is 6.61 Å². The van der Waals surface area contributed by atoms with Crippen molar-refractivity contribution in [3.05, 3.63) is 70.8 Å². The molecule has 0 bridgehead atoms. The van der Waals surface area contributed by atoms with Gasteiger partial charge >= 0.3 is 11.9 Å². The Hall–Kier alpha value is -3.19. The van der Waals surface area contributed by atoms with Gasteiger partial charge in [-0.15, -0.1) is 0 Å². The monoisotopic (exact) mass is 315 g/mol. The van der Waals surface area contributed by atoms with Crippen LogP contribution in [0.15, 0.2) is 48.5 Å². The molecule has 0 spiro atoms. The summed E-state index contributed by atoms with van der Waals surface area (Å²) >= 11 is 0. The molecule has 0 heterocycles. The van der Waals surface area contributed by atoms with Gasteiger partial charge in [0.15, 0.2) is 0 Å². The maximum atomic E-state index is 12.0. The number of rotatable bonds is 6. The summed E-state index contributed by atoms with van der Waals surface area (Å²) in [6.45, 7) is 0.122. The molecule has 0 aliphatic rings. The molecule has 2 aromatic rings. The number of carboxylic acids is 2. The molecule has 1 amide bonds. The van der Waals surface area contributed by atoms with Crippen LogP contribution in [0.4, 0.5) is 0 Å². The van der Waals surface area contributed by atoms with E-state index in [-0.39, 0.29) is 23.3 Å². The van der Waals surface area contributed by atoms with E-state index in [9.17, 15) is 14.4 Å². The fraction of sp³-hybridized carbons (Fsp3) is 0.0625. The summed E-state index contributed by atoms with van der Waals surface area (Å²) in [7, 11) is 0. The quantitative estimate of drug-likeness (QED) is 0.702. The maximum Gasteiger partial charge on any atom is 0.335 e. The minimum absolute atomic E-state index is 0.115. The first-order valence-electron chi connectivity index (χ1n) is 6.55. The molecule has 0 aliphatic heterocycles. The molecule has 3 N–H and O–H groups in total. The van der Waals surface area contributed by atoms with Crippen LogP contribution in [0, 0.1) is 0 Å². The number of hydrogen-bond acceptors (Lipinski definition) is 4. The van der Waals surface area contributed by atoms with Crippen LogP contribution in [0.1, 0.15) is 36.6 Å². The van der Waals surface area contributed by atoms with Crippen molar-refractivity contribution in [2.24, 2.45) is 0 Å². The number of hydrogen-bond donors (Lipinski definition) is 3. The third kappa shape index (κ3) is 4.39. The molecule has 2 rings (SSSR count). The summed E-state index contributed by atoms with van der Waals surface area (Å²) < 4.78 is 0. The van der Waals surface area contributed by atoms with Crippen LogP contribution in [-0.2, 0) is 11.4 Å². The van der Waals surface area contributed by atoms with Crippen LogP contribution in [0.25, 0.3) is 0 Å². The van der Waals surface area contributed by atoms with Gasteiger partial charge in [0.2, 0.25) is 0 Å². The largest absolute Gasteiger partial charge is 0.478 e. The van der Waals surface area contributed by atoms with Gasteiger partial charge in [0, 0.05) is 5.56 Å². The van der Waals surface area contributed by atoms with Gasteiger partial charge < -0.3 is 10.2 Å². The molecular formula is C16H13NO6. The van der Waals surface area contributed by atoms with E-state index in [0.717, 1.165) is 23.8 Å². The van der Waals surface area contributed by atoms with E-state index in [4.69, 9.17) is 15.1 Å². The van der Waals surface area contributed by atoms with E-state index in [1.54, 1.807) is 12.1 Å². The molecule has 118 valence electrons. The van der Waals surface area contributed by atoms with Crippen molar-refractivity contribution in [3.8, 4) is 0 Å². The van der Waals surface area contributed by atoms with Gasteiger partial charge in [0.25, 0.3) is 5.91 Å². The molecule has 7 nitrogen and oxygen atoms in total. The zero-order valence-electron chi connectivity index (χ0n) is 11.9. The standard InChI is InChI=1S/C16H13NO6/c18-14(17-23-9-10-4-2-1-3-5-10)11-6-12(15(19)20)8-13(7-11)16(21)22/h1-8H,9H2,(H,17,18)(H,19,20)(H,21,22). The molecule has 7 heteroatoms. The summed E-state index contributed by atoms with van der Waals surface area (Å²) in [6.07, 6.45) is 0. The van der Waals surface area contributed by atoms with Gasteiger partial charge in [-0.2, -0.15) is 0 Å². The lowest BCUT2D eigenvalue weighted by Crippen LogP contribution is -2.24. The Morgan fingerprint density at radius 2 is 1.39 bits per heavy atom. The molecule has 0 fully saturated rings. The van der Waals surface area contributed by atoms with Crippen LogP contribution in [0.3, 0.4) is 0 Å². The number of amides is 1. The Kier molecular flexibility index (Phi) is 5.06. The fourth-order valence-electron chi connectivity index (χ4n) is 1.82. The van der Waals surface area contributed by atoms with Crippen LogP contribution in [0.5, 0.6) is 0 Å². The second kappa shape index (κ2) is 7.19. The molecule has 0 atom stereocenters. The summed E-state index contributed by atoms with van der Waals surface area (Å²) in [5, 5.41) is 17.9. The lowest BCUT2D eigenvalue weighted by atomic mass is 10.1. The van der Waals surface area contributed by atoms with Crippen molar-refractivity contribution in [1.82, 2.24) is 5.48 Å². The number of carboxylic acid groups (broad SMARTS) is 2. The predicted octanol–water partition coefficient (Wildman–Crippen LogP) is 1.94. The van der Waals surface area contributed by atoms with E-state index in [1.807, 2.05) is 18.2 Å². The van der Waals surface area contributed by atoms with Gasteiger partial charge in [0.05, 0.1) is 17.7 Å². The van der Waals surface area contributed by atoms with Crippen molar-refractivity contribution in [2.75, 3.05) is 0 Å². The maximum absolute atomic E-state index is 12.0. The van der Waals surface area contributed by atoms with E-state index >= 15 is 0 Å². The van der Waals surface area contributed by atoms with E-state index in [0.29, 0.717) is 0 Å². The first kappa shape index (κ1) is 16.2. The molecule has 23 heavy (non-hydrogen) atoms. The molecule has 0 radical (unpaired) electrons. The summed E-state index contributed by atoms with van der Waals surface area (Å²) in [6, 6.07) is 12.2. The number of carbonyl (C=O) groups is 3. The van der Waals surface area contributed by atoms with E-state index < -0.39 is 17.8 Å². The van der Waals surface area contributed by atoms with Crippen molar-refractivity contribution in [1.29, 1.82) is 0 Å². The van der Waals surface area contributed by atoms with Crippen LogP contribution >= 0.6 is 0 Å². The topological polar surface area (TPSA) is 113 Å². The molecule has 0 aliphatic carbocycles. The molecular weight excluding hydrogens is 302 g/mol. The van der Waals surface area contributed by atoms with E-state index in [2.05, 4.69) is 5.48 Å². The highest BCUT2D eigenvalue weighted by molar-refractivity contribution is 6.01. The average molecular weight is 315 g/mol. The Morgan fingerprint density at radius 3 is 1.91 bits per heavy atom. The SMILES string of the molecule is O=C(O)c1cc(C(=O)O)cc(C(=O)NOCc2ccccc2)c1. The number of aromatic carboxylic acids is 2. The minimum Gasteiger partial charge on any atom is -0.478 e. The first-order valence-corrected chi connectivity index (χ1v) is 6.55. The highest BCUT2D eigenvalue weighted by Gasteiger charge is 2.15. The lowest BCUT2D eigenvalue weighted by Gasteiger charge is -2.08. The Labute approximate surface area is 131 Å². The van der Waals surface area contributed by atoms with Gasteiger partial charge in [-0.1, -0.05) is 30.3 Å². The Balaban J connectivity index is 2.09. The third-order valence-electron chi connectivity index (χ3n) is 2.94. The van der Waals surface area contributed by atoms with Crippen LogP contribution in [-0.4, -0.2) is 28.1 Å². The first-order chi connectivity index (χ1) is 11.0. The number of hydroxylamine groups is 1. The van der Waals surface area contributed by atoms with Gasteiger partial charge in [0.1, 0.15) is 0 Å². The highest BCUT2D eigenvalue weighted by atomic mass is 16.6. The molecule has 0 saturated heterocycles. The van der Waals surface area contributed by atoms with Crippen LogP contribution < -0.4 is 5.48 Å². The number of benzene rings is 2. The Bertz CT molecular complexity index is 709. The summed E-state index contributed by atoms with van der Waals surface area (Å²) in [5.74, 6) is -3.38. The number of carbonyl (C=O) groups excluding carboxylic acids is 1. The second-order valence-electron chi connectivity index (χ2n) is 4.61. The minimum atomic E-state index is -1.33. The second-order valence-corrected chi connectivity index (χ2v) is 4.61. The average Bonchev–Trinajstić information content (AvgIpc) is 2.55. The molecule has 0 unspecified atom stereocenters.